The molecule has 2 aliphatic carbocycles. The van der Waals surface area contributed by atoms with E-state index >= 15 is 0 Å². The summed E-state index contributed by atoms with van der Waals surface area (Å²) in [5.41, 5.74) is 0.593. The summed E-state index contributed by atoms with van der Waals surface area (Å²) < 4.78 is 27.0. The minimum atomic E-state index is -0.487. The van der Waals surface area contributed by atoms with Crippen molar-refractivity contribution in [2.45, 2.75) is 50.0 Å². The maximum Gasteiger partial charge on any atom is 0.129 e. The second-order valence-corrected chi connectivity index (χ2v) is 5.77. The molecule has 0 saturated heterocycles. The molecule has 3 rings (SSSR count). The summed E-state index contributed by atoms with van der Waals surface area (Å²) in [4.78, 5) is 0. The van der Waals surface area contributed by atoms with Crippen LogP contribution in [0.15, 0.2) is 18.2 Å². The third-order valence-electron chi connectivity index (χ3n) is 4.37. The third-order valence-corrected chi connectivity index (χ3v) is 4.37. The fourth-order valence-corrected chi connectivity index (χ4v) is 3.14. The van der Waals surface area contributed by atoms with Gasteiger partial charge in [0.05, 0.1) is 0 Å². The molecule has 1 nitrogen and oxygen atoms in total. The summed E-state index contributed by atoms with van der Waals surface area (Å²) in [5, 5.41) is 3.52. The largest absolute Gasteiger partial charge is 0.313 e. The van der Waals surface area contributed by atoms with Crippen molar-refractivity contribution in [3.8, 4) is 0 Å². The average Bonchev–Trinajstić information content (AvgIpc) is 3.05. The van der Waals surface area contributed by atoms with E-state index < -0.39 is 5.82 Å². The van der Waals surface area contributed by atoms with Gasteiger partial charge in [-0.2, -0.15) is 0 Å². The van der Waals surface area contributed by atoms with Gasteiger partial charge in [0.15, 0.2) is 0 Å². The SMILES string of the molecule is Fc1ccc(C2(CNC3CC3)CCCC2)c(F)c1. The topological polar surface area (TPSA) is 12.0 Å². The van der Waals surface area contributed by atoms with Gasteiger partial charge in [0, 0.05) is 24.1 Å². The maximum atomic E-state index is 14.0. The number of nitrogens with one attached hydrogen (secondary N) is 1. The Labute approximate surface area is 107 Å². The van der Waals surface area contributed by atoms with E-state index in [1.165, 1.54) is 18.9 Å². The molecule has 98 valence electrons. The van der Waals surface area contributed by atoms with Crippen molar-refractivity contribution in [1.29, 1.82) is 0 Å². The second kappa shape index (κ2) is 4.61. The predicted molar refractivity (Wildman–Crippen MR) is 67.5 cm³/mol. The second-order valence-electron chi connectivity index (χ2n) is 5.77. The molecule has 0 heterocycles. The minimum Gasteiger partial charge on any atom is -0.313 e. The zero-order chi connectivity index (χ0) is 12.6. The molecular formula is C15H19F2N. The first-order valence-electron chi connectivity index (χ1n) is 6.89. The van der Waals surface area contributed by atoms with Crippen molar-refractivity contribution in [2.24, 2.45) is 0 Å². The summed E-state index contributed by atoms with van der Waals surface area (Å²) in [6, 6.07) is 4.68. The highest BCUT2D eigenvalue weighted by Gasteiger charge is 2.38. The van der Waals surface area contributed by atoms with E-state index in [2.05, 4.69) is 5.32 Å². The standard InChI is InChI=1S/C15H19F2N/c16-11-3-6-13(14(17)9-11)15(7-1-2-8-15)10-18-12-4-5-12/h3,6,9,12,18H,1-2,4-5,7-8,10H2. The molecule has 3 heteroatoms. The summed E-state index contributed by atoms with van der Waals surface area (Å²) in [7, 11) is 0. The lowest BCUT2D eigenvalue weighted by Crippen LogP contribution is -2.37. The van der Waals surface area contributed by atoms with E-state index in [0.29, 0.717) is 11.6 Å². The van der Waals surface area contributed by atoms with Crippen molar-refractivity contribution in [3.05, 3.63) is 35.4 Å². The van der Waals surface area contributed by atoms with E-state index in [1.54, 1.807) is 6.07 Å². The normalized spacial score (nSPS) is 22.3. The zero-order valence-corrected chi connectivity index (χ0v) is 10.5. The molecule has 0 aromatic heterocycles. The quantitative estimate of drug-likeness (QED) is 0.863. The smallest absolute Gasteiger partial charge is 0.129 e. The number of hydrogen-bond acceptors (Lipinski definition) is 1. The molecule has 2 saturated carbocycles. The highest BCUT2D eigenvalue weighted by Crippen LogP contribution is 2.42. The summed E-state index contributed by atoms with van der Waals surface area (Å²) in [6.07, 6.45) is 6.78. The van der Waals surface area contributed by atoms with Crippen LogP contribution in [0.5, 0.6) is 0 Å². The number of rotatable bonds is 4. The van der Waals surface area contributed by atoms with Gasteiger partial charge in [0.1, 0.15) is 11.6 Å². The van der Waals surface area contributed by atoms with Gasteiger partial charge in [-0.3, -0.25) is 0 Å². The highest BCUT2D eigenvalue weighted by atomic mass is 19.1. The number of hydrogen-bond donors (Lipinski definition) is 1. The van der Waals surface area contributed by atoms with Crippen LogP contribution in [-0.2, 0) is 5.41 Å². The van der Waals surface area contributed by atoms with Gasteiger partial charge in [-0.1, -0.05) is 18.9 Å². The molecular weight excluding hydrogens is 232 g/mol. The lowest BCUT2D eigenvalue weighted by Gasteiger charge is -2.30. The molecule has 0 amide bonds. The summed E-state index contributed by atoms with van der Waals surface area (Å²) >= 11 is 0. The summed E-state index contributed by atoms with van der Waals surface area (Å²) in [6.45, 7) is 0.834. The van der Waals surface area contributed by atoms with E-state index in [9.17, 15) is 8.78 Å². The van der Waals surface area contributed by atoms with Crippen LogP contribution in [-0.4, -0.2) is 12.6 Å². The van der Waals surface area contributed by atoms with Crippen LogP contribution >= 0.6 is 0 Å². The van der Waals surface area contributed by atoms with E-state index in [0.717, 1.165) is 38.3 Å². The molecule has 1 aromatic rings. The van der Waals surface area contributed by atoms with Crippen LogP contribution in [0.4, 0.5) is 8.78 Å². The first-order chi connectivity index (χ1) is 8.70. The molecule has 0 bridgehead atoms. The van der Waals surface area contributed by atoms with Crippen LogP contribution in [0, 0.1) is 11.6 Å². The molecule has 0 aliphatic heterocycles. The Morgan fingerprint density at radius 3 is 2.50 bits per heavy atom. The van der Waals surface area contributed by atoms with Crippen molar-refractivity contribution in [3.63, 3.8) is 0 Å². The van der Waals surface area contributed by atoms with Crippen LogP contribution in [0.25, 0.3) is 0 Å². The molecule has 0 spiro atoms. The van der Waals surface area contributed by atoms with Crippen LogP contribution < -0.4 is 5.32 Å². The molecule has 0 radical (unpaired) electrons. The first-order valence-corrected chi connectivity index (χ1v) is 6.89. The lowest BCUT2D eigenvalue weighted by molar-refractivity contribution is 0.384. The van der Waals surface area contributed by atoms with Crippen LogP contribution in [0.2, 0.25) is 0 Å². The molecule has 0 unspecified atom stereocenters. The third kappa shape index (κ3) is 2.28. The minimum absolute atomic E-state index is 0.111. The van der Waals surface area contributed by atoms with Gasteiger partial charge >= 0.3 is 0 Å². The van der Waals surface area contributed by atoms with Crippen LogP contribution in [0.1, 0.15) is 44.1 Å². The van der Waals surface area contributed by atoms with Crippen molar-refractivity contribution in [1.82, 2.24) is 5.32 Å². The van der Waals surface area contributed by atoms with Gasteiger partial charge in [0.2, 0.25) is 0 Å². The van der Waals surface area contributed by atoms with Gasteiger partial charge in [-0.05, 0) is 37.3 Å². The van der Waals surface area contributed by atoms with E-state index in [-0.39, 0.29) is 11.2 Å². The summed E-state index contributed by atoms with van der Waals surface area (Å²) in [5.74, 6) is -0.867. The predicted octanol–water partition coefficient (Wildman–Crippen LogP) is 3.53. The van der Waals surface area contributed by atoms with Gasteiger partial charge in [0.25, 0.3) is 0 Å². The number of benzene rings is 1. The molecule has 18 heavy (non-hydrogen) atoms. The van der Waals surface area contributed by atoms with Crippen LogP contribution in [0.3, 0.4) is 0 Å². The fraction of sp³-hybridized carbons (Fsp3) is 0.600. The van der Waals surface area contributed by atoms with Crippen molar-refractivity contribution >= 4 is 0 Å². The van der Waals surface area contributed by atoms with Crippen molar-refractivity contribution in [2.75, 3.05) is 6.54 Å². The van der Waals surface area contributed by atoms with E-state index in [1.807, 2.05) is 0 Å². The Morgan fingerprint density at radius 1 is 1.17 bits per heavy atom. The van der Waals surface area contributed by atoms with Gasteiger partial charge in [-0.15, -0.1) is 0 Å². The Kier molecular flexibility index (Phi) is 3.10. The fourth-order valence-electron chi connectivity index (χ4n) is 3.14. The zero-order valence-electron chi connectivity index (χ0n) is 10.5. The molecule has 0 atom stereocenters. The monoisotopic (exact) mass is 251 g/mol. The highest BCUT2D eigenvalue weighted by molar-refractivity contribution is 5.29. The van der Waals surface area contributed by atoms with Gasteiger partial charge in [-0.25, -0.2) is 8.78 Å². The molecule has 1 N–H and O–H groups in total. The molecule has 2 fully saturated rings. The Balaban J connectivity index is 1.86. The average molecular weight is 251 g/mol. The van der Waals surface area contributed by atoms with Crippen molar-refractivity contribution < 1.29 is 8.78 Å². The Bertz CT molecular complexity index is 434. The first kappa shape index (κ1) is 12.1. The molecule has 2 aliphatic rings. The Morgan fingerprint density at radius 2 is 1.89 bits per heavy atom. The maximum absolute atomic E-state index is 14.0. The molecule has 1 aromatic carbocycles. The van der Waals surface area contributed by atoms with E-state index in [4.69, 9.17) is 0 Å². The lowest BCUT2D eigenvalue weighted by atomic mass is 9.78. The Hall–Kier alpha value is -0.960. The van der Waals surface area contributed by atoms with Gasteiger partial charge < -0.3 is 5.32 Å². The number of halogens is 2.